The third kappa shape index (κ3) is 5.34. The monoisotopic (exact) mass is 676 g/mol. The van der Waals surface area contributed by atoms with E-state index in [2.05, 4.69) is 172 Å². The minimum atomic E-state index is -0.0740. The van der Waals surface area contributed by atoms with E-state index in [0.29, 0.717) is 0 Å². The van der Waals surface area contributed by atoms with E-state index >= 15 is 0 Å². The van der Waals surface area contributed by atoms with Crippen LogP contribution >= 0.6 is 0 Å². The second-order valence-electron chi connectivity index (χ2n) is 14.6. The van der Waals surface area contributed by atoms with Crippen LogP contribution in [0.2, 0.25) is 0 Å². The first-order valence-electron chi connectivity index (χ1n) is 18.3. The van der Waals surface area contributed by atoms with Crippen molar-refractivity contribution in [3.8, 4) is 67.3 Å². The second-order valence-corrected chi connectivity index (χ2v) is 14.6. The summed E-state index contributed by atoms with van der Waals surface area (Å²) < 4.78 is 0. The lowest BCUT2D eigenvalue weighted by atomic mass is 9.81. The molecule has 1 aromatic heterocycles. The molecule has 0 fully saturated rings. The molecular formula is C51H36N2. The Hall–Kier alpha value is -6.64. The molecule has 9 aromatic rings. The standard InChI is InChI=1S/C51H36N2/c1-51(2)45-19-11-18-43(49(45)44-30-37-16-9-10-17-38(37)31-46(44)51)41-26-24-40-29-42(27-25-39(40)28-41)48-32-47(52-50(53-48)36-14-7-4-8-15-36)35-22-20-34(21-23-35)33-12-5-3-6-13-33/h3-32H,1-2H3. The zero-order valence-electron chi connectivity index (χ0n) is 29.7. The van der Waals surface area contributed by atoms with Crippen molar-refractivity contribution >= 4 is 21.5 Å². The number of benzene rings is 8. The second kappa shape index (κ2) is 12.3. The average Bonchev–Trinajstić information content (AvgIpc) is 3.45. The van der Waals surface area contributed by atoms with Crippen molar-refractivity contribution in [2.75, 3.05) is 0 Å². The fourth-order valence-corrected chi connectivity index (χ4v) is 8.21. The lowest BCUT2D eigenvalue weighted by molar-refractivity contribution is 0.661. The van der Waals surface area contributed by atoms with E-state index < -0.39 is 0 Å². The average molecular weight is 677 g/mol. The molecule has 0 amide bonds. The van der Waals surface area contributed by atoms with Gasteiger partial charge in [0.15, 0.2) is 5.82 Å². The van der Waals surface area contributed by atoms with Gasteiger partial charge in [-0.3, -0.25) is 0 Å². The molecule has 0 spiro atoms. The Bertz CT molecular complexity index is 2830. The number of hydrogen-bond acceptors (Lipinski definition) is 2. The van der Waals surface area contributed by atoms with Crippen LogP contribution in [0.4, 0.5) is 0 Å². The number of nitrogens with zero attached hydrogens (tertiary/aromatic N) is 2. The molecule has 0 saturated heterocycles. The van der Waals surface area contributed by atoms with E-state index in [4.69, 9.17) is 9.97 Å². The van der Waals surface area contributed by atoms with Gasteiger partial charge in [0.2, 0.25) is 0 Å². The zero-order valence-corrected chi connectivity index (χ0v) is 29.7. The highest BCUT2D eigenvalue weighted by Gasteiger charge is 2.37. The minimum Gasteiger partial charge on any atom is -0.228 e. The summed E-state index contributed by atoms with van der Waals surface area (Å²) in [5.74, 6) is 0.717. The lowest BCUT2D eigenvalue weighted by Crippen LogP contribution is -2.14. The maximum absolute atomic E-state index is 5.12. The van der Waals surface area contributed by atoms with Gasteiger partial charge in [0.05, 0.1) is 11.4 Å². The quantitative estimate of drug-likeness (QED) is 0.181. The van der Waals surface area contributed by atoms with E-state index in [0.717, 1.165) is 33.9 Å². The molecule has 0 N–H and O–H groups in total. The minimum absolute atomic E-state index is 0.0740. The van der Waals surface area contributed by atoms with Gasteiger partial charge in [-0.25, -0.2) is 9.97 Å². The van der Waals surface area contributed by atoms with Crippen LogP contribution in [0.25, 0.3) is 88.8 Å². The van der Waals surface area contributed by atoms with Crippen molar-refractivity contribution in [1.82, 2.24) is 9.97 Å². The Kier molecular flexibility index (Phi) is 7.19. The fourth-order valence-electron chi connectivity index (χ4n) is 8.21. The molecule has 0 unspecified atom stereocenters. The largest absolute Gasteiger partial charge is 0.228 e. The molecule has 2 nitrogen and oxygen atoms in total. The van der Waals surface area contributed by atoms with Crippen LogP contribution in [0.5, 0.6) is 0 Å². The van der Waals surface area contributed by atoms with Crippen LogP contribution in [0.1, 0.15) is 25.0 Å². The SMILES string of the molecule is CC1(C)c2cc3ccccc3cc2-c2c(-c3ccc4cc(-c5cc(-c6ccc(-c7ccccc7)cc6)nc(-c6ccccc6)n5)ccc4c3)cccc21. The molecule has 1 aliphatic carbocycles. The zero-order chi connectivity index (χ0) is 35.5. The van der Waals surface area contributed by atoms with Crippen molar-refractivity contribution in [2.45, 2.75) is 19.3 Å². The molecule has 0 bridgehead atoms. The van der Waals surface area contributed by atoms with E-state index in [1.54, 1.807) is 0 Å². The van der Waals surface area contributed by atoms with Gasteiger partial charge in [-0.1, -0.05) is 166 Å². The van der Waals surface area contributed by atoms with Crippen molar-refractivity contribution in [3.05, 3.63) is 193 Å². The first kappa shape index (κ1) is 31.1. The van der Waals surface area contributed by atoms with Gasteiger partial charge in [-0.15, -0.1) is 0 Å². The highest BCUT2D eigenvalue weighted by molar-refractivity contribution is 6.00. The van der Waals surface area contributed by atoms with E-state index in [-0.39, 0.29) is 5.41 Å². The van der Waals surface area contributed by atoms with Gasteiger partial charge in [-0.05, 0) is 96.4 Å². The molecule has 1 heterocycles. The van der Waals surface area contributed by atoms with Crippen LogP contribution in [-0.2, 0) is 5.41 Å². The van der Waals surface area contributed by atoms with E-state index in [9.17, 15) is 0 Å². The molecule has 53 heavy (non-hydrogen) atoms. The summed E-state index contributed by atoms with van der Waals surface area (Å²) in [4.78, 5) is 10.2. The molecule has 1 aliphatic rings. The van der Waals surface area contributed by atoms with Crippen LogP contribution in [0.15, 0.2) is 182 Å². The van der Waals surface area contributed by atoms with E-state index in [1.807, 2.05) is 24.3 Å². The fraction of sp³-hybridized carbons (Fsp3) is 0.0588. The predicted octanol–water partition coefficient (Wildman–Crippen LogP) is 13.4. The Morgan fingerprint density at radius 2 is 0.868 bits per heavy atom. The highest BCUT2D eigenvalue weighted by Crippen LogP contribution is 2.53. The molecule has 0 saturated carbocycles. The number of aromatic nitrogens is 2. The van der Waals surface area contributed by atoms with Gasteiger partial charge in [0.25, 0.3) is 0 Å². The molecule has 250 valence electrons. The number of fused-ring (bicyclic) bond motifs is 5. The summed E-state index contributed by atoms with van der Waals surface area (Å²) in [6.45, 7) is 4.72. The molecule has 0 radical (unpaired) electrons. The Labute approximate surface area is 310 Å². The summed E-state index contributed by atoms with van der Waals surface area (Å²) in [7, 11) is 0. The maximum atomic E-state index is 5.12. The molecule has 8 aromatic carbocycles. The van der Waals surface area contributed by atoms with Crippen molar-refractivity contribution in [1.29, 1.82) is 0 Å². The first-order chi connectivity index (χ1) is 26.0. The van der Waals surface area contributed by atoms with E-state index in [1.165, 1.54) is 66.1 Å². The molecule has 0 aliphatic heterocycles. The van der Waals surface area contributed by atoms with Crippen molar-refractivity contribution in [2.24, 2.45) is 0 Å². The predicted molar refractivity (Wildman–Crippen MR) is 222 cm³/mol. The van der Waals surface area contributed by atoms with Gasteiger partial charge >= 0.3 is 0 Å². The summed E-state index contributed by atoms with van der Waals surface area (Å²) >= 11 is 0. The van der Waals surface area contributed by atoms with Gasteiger partial charge < -0.3 is 0 Å². The Morgan fingerprint density at radius 3 is 1.58 bits per heavy atom. The molecular weight excluding hydrogens is 641 g/mol. The lowest BCUT2D eigenvalue weighted by Gasteiger charge is -2.22. The normalized spacial score (nSPS) is 12.9. The van der Waals surface area contributed by atoms with Crippen LogP contribution in [0.3, 0.4) is 0 Å². The third-order valence-corrected chi connectivity index (χ3v) is 11.1. The topological polar surface area (TPSA) is 25.8 Å². The van der Waals surface area contributed by atoms with Crippen molar-refractivity contribution < 1.29 is 0 Å². The molecule has 2 heteroatoms. The summed E-state index contributed by atoms with van der Waals surface area (Å²) in [6, 6.07) is 65.4. The Balaban J connectivity index is 1.05. The molecule has 10 rings (SSSR count). The first-order valence-corrected chi connectivity index (χ1v) is 18.3. The summed E-state index contributed by atoms with van der Waals surface area (Å²) in [6.07, 6.45) is 0. The molecule has 0 atom stereocenters. The maximum Gasteiger partial charge on any atom is 0.160 e. The number of rotatable bonds is 5. The summed E-state index contributed by atoms with van der Waals surface area (Å²) in [5.41, 5.74) is 15.2. The third-order valence-electron chi connectivity index (χ3n) is 11.1. The van der Waals surface area contributed by atoms with Crippen LogP contribution < -0.4 is 0 Å². The van der Waals surface area contributed by atoms with Crippen LogP contribution in [0, 0.1) is 0 Å². The van der Waals surface area contributed by atoms with Crippen molar-refractivity contribution in [3.63, 3.8) is 0 Å². The Morgan fingerprint density at radius 1 is 0.340 bits per heavy atom. The smallest absolute Gasteiger partial charge is 0.160 e. The summed E-state index contributed by atoms with van der Waals surface area (Å²) in [5, 5.41) is 4.96. The number of hydrogen-bond donors (Lipinski definition) is 0. The van der Waals surface area contributed by atoms with Gasteiger partial charge in [0.1, 0.15) is 0 Å². The van der Waals surface area contributed by atoms with Crippen LogP contribution in [-0.4, -0.2) is 9.97 Å². The van der Waals surface area contributed by atoms with Gasteiger partial charge in [0, 0.05) is 22.1 Å². The van der Waals surface area contributed by atoms with Gasteiger partial charge in [-0.2, -0.15) is 0 Å². The highest BCUT2D eigenvalue weighted by atomic mass is 14.9.